The minimum atomic E-state index is -0.600. The van der Waals surface area contributed by atoms with E-state index in [1.165, 1.54) is 11.1 Å². The van der Waals surface area contributed by atoms with Crippen LogP contribution in [0.4, 0.5) is 5.69 Å². The number of hydrazone groups is 1. The van der Waals surface area contributed by atoms with Gasteiger partial charge < -0.3 is 14.8 Å². The fourth-order valence-electron chi connectivity index (χ4n) is 3.82. The number of aromatic hydroxyl groups is 1. The monoisotopic (exact) mass is 494 g/mol. The van der Waals surface area contributed by atoms with Gasteiger partial charge in [0.05, 0.1) is 41.8 Å². The van der Waals surface area contributed by atoms with E-state index >= 15 is 0 Å². The molecule has 0 saturated carbocycles. The molecule has 12 heteroatoms. The first-order valence-corrected chi connectivity index (χ1v) is 11.2. The molecule has 4 aromatic rings. The molecule has 0 aliphatic carbocycles. The lowest BCUT2D eigenvalue weighted by Gasteiger charge is -2.11. The van der Waals surface area contributed by atoms with Crippen LogP contribution in [0.3, 0.4) is 0 Å². The highest BCUT2D eigenvalue weighted by Crippen LogP contribution is 2.36. The maximum Gasteiger partial charge on any atom is 0.355 e. The van der Waals surface area contributed by atoms with Gasteiger partial charge in [0.15, 0.2) is 5.71 Å². The second kappa shape index (κ2) is 9.35. The van der Waals surface area contributed by atoms with Crippen LogP contribution in [0.1, 0.15) is 13.3 Å². The molecule has 1 aromatic heterocycles. The lowest BCUT2D eigenvalue weighted by molar-refractivity contribution is -0.432. The zero-order valence-corrected chi connectivity index (χ0v) is 19.0. The number of nitrogens with zero attached hydrogens (tertiary/aromatic N) is 3. The maximum absolute atomic E-state index is 12.3. The van der Waals surface area contributed by atoms with Gasteiger partial charge in [0.2, 0.25) is 0 Å². The number of esters is 1. The van der Waals surface area contributed by atoms with Crippen LogP contribution in [0.2, 0.25) is 0 Å². The predicted molar refractivity (Wildman–Crippen MR) is 128 cm³/mol. The number of benzene rings is 3. The molecular formula is C23H18N4O7S. The second-order valence-electron chi connectivity index (χ2n) is 7.51. The van der Waals surface area contributed by atoms with Crippen LogP contribution < -0.4 is 5.01 Å². The lowest BCUT2D eigenvalue weighted by Crippen LogP contribution is -2.19. The standard InChI is InChI=1S/C23H18N4O7S/c1-2-32-23(30)18-11-20(29)27(26-18)13-5-3-12(4-6-13)22-24-17-8-7-15-16(21(17)25-22)9-14(10-19(15)28)35-34-33-31/h3-10,28,31H,2,11H2,1H3,(H,24,25). The molecule has 1 aliphatic rings. The van der Waals surface area contributed by atoms with Crippen molar-refractivity contribution in [3.63, 3.8) is 0 Å². The van der Waals surface area contributed by atoms with E-state index in [1.807, 2.05) is 6.07 Å². The van der Waals surface area contributed by atoms with Crippen molar-refractivity contribution in [3.8, 4) is 17.1 Å². The molecule has 35 heavy (non-hydrogen) atoms. The average molecular weight is 494 g/mol. The summed E-state index contributed by atoms with van der Waals surface area (Å²) < 4.78 is 9.40. The molecule has 1 amide bonds. The van der Waals surface area contributed by atoms with Crippen molar-refractivity contribution >= 4 is 57.1 Å². The minimum absolute atomic E-state index is 0.0281. The number of ether oxygens (including phenoxy) is 1. The van der Waals surface area contributed by atoms with Crippen molar-refractivity contribution in [2.24, 2.45) is 5.10 Å². The maximum atomic E-state index is 12.3. The highest BCUT2D eigenvalue weighted by Gasteiger charge is 2.30. The van der Waals surface area contributed by atoms with E-state index in [9.17, 15) is 14.7 Å². The number of rotatable bonds is 7. The summed E-state index contributed by atoms with van der Waals surface area (Å²) in [6.45, 7) is 1.89. The summed E-state index contributed by atoms with van der Waals surface area (Å²) in [5.74, 6) is -0.312. The molecule has 3 aromatic carbocycles. The number of phenols is 1. The summed E-state index contributed by atoms with van der Waals surface area (Å²) in [4.78, 5) is 32.7. The van der Waals surface area contributed by atoms with Gasteiger partial charge in [-0.25, -0.2) is 15.0 Å². The summed E-state index contributed by atoms with van der Waals surface area (Å²) in [6, 6.07) is 13.8. The predicted octanol–water partition coefficient (Wildman–Crippen LogP) is 4.17. The van der Waals surface area contributed by atoms with E-state index in [1.54, 1.807) is 43.3 Å². The van der Waals surface area contributed by atoms with E-state index in [-0.39, 0.29) is 30.4 Å². The van der Waals surface area contributed by atoms with E-state index in [0.717, 1.165) is 23.1 Å². The van der Waals surface area contributed by atoms with E-state index < -0.39 is 5.97 Å². The fraction of sp³-hybridized carbons (Fsp3) is 0.130. The van der Waals surface area contributed by atoms with Gasteiger partial charge >= 0.3 is 5.97 Å². The van der Waals surface area contributed by atoms with Crippen LogP contribution in [0.15, 0.2) is 58.5 Å². The smallest absolute Gasteiger partial charge is 0.355 e. The molecule has 0 unspecified atom stereocenters. The van der Waals surface area contributed by atoms with Crippen LogP contribution in [0.5, 0.6) is 5.75 Å². The Kier molecular flexibility index (Phi) is 6.09. The van der Waals surface area contributed by atoms with Gasteiger partial charge in [0.1, 0.15) is 11.6 Å². The second-order valence-corrected chi connectivity index (χ2v) is 8.28. The van der Waals surface area contributed by atoms with E-state index in [4.69, 9.17) is 15.0 Å². The average Bonchev–Trinajstić information content (AvgIpc) is 3.47. The number of H-pyrrole nitrogens is 1. The van der Waals surface area contributed by atoms with Crippen molar-refractivity contribution in [1.29, 1.82) is 0 Å². The van der Waals surface area contributed by atoms with Gasteiger partial charge in [0, 0.05) is 21.2 Å². The summed E-state index contributed by atoms with van der Waals surface area (Å²) in [6.07, 6.45) is -0.111. The summed E-state index contributed by atoms with van der Waals surface area (Å²) in [7, 11) is 0. The number of imidazole rings is 1. The van der Waals surface area contributed by atoms with Crippen molar-refractivity contribution in [3.05, 3.63) is 48.5 Å². The Bertz CT molecular complexity index is 1480. The number of aromatic amines is 1. The molecule has 0 bridgehead atoms. The highest BCUT2D eigenvalue weighted by atomic mass is 32.2. The van der Waals surface area contributed by atoms with Crippen molar-refractivity contribution in [1.82, 2.24) is 9.97 Å². The number of carbonyl (C=O) groups excluding carboxylic acids is 2. The Balaban J connectivity index is 1.47. The molecule has 0 spiro atoms. The van der Waals surface area contributed by atoms with Crippen LogP contribution in [0, 0.1) is 0 Å². The van der Waals surface area contributed by atoms with Crippen LogP contribution in [-0.2, 0) is 23.7 Å². The molecule has 0 atom stereocenters. The minimum Gasteiger partial charge on any atom is -0.507 e. The first-order valence-electron chi connectivity index (χ1n) is 10.5. The Morgan fingerprint density at radius 1 is 1.17 bits per heavy atom. The van der Waals surface area contributed by atoms with E-state index in [2.05, 4.69) is 19.5 Å². The fourth-order valence-corrected chi connectivity index (χ4v) is 4.26. The van der Waals surface area contributed by atoms with Crippen molar-refractivity contribution in [2.45, 2.75) is 18.2 Å². The number of phenolic OH excluding ortho intramolecular Hbond substituents is 1. The quantitative estimate of drug-likeness (QED) is 0.149. The van der Waals surface area contributed by atoms with Gasteiger partial charge in [-0.05, 0) is 55.5 Å². The summed E-state index contributed by atoms with van der Waals surface area (Å²) >= 11 is 0.738. The third-order valence-electron chi connectivity index (χ3n) is 5.37. The molecule has 0 radical (unpaired) electrons. The third-order valence-corrected chi connectivity index (χ3v) is 5.92. The Hall–Kier alpha value is -3.97. The first kappa shape index (κ1) is 22.8. The Morgan fingerprint density at radius 2 is 1.97 bits per heavy atom. The summed E-state index contributed by atoms with van der Waals surface area (Å²) in [5.41, 5.74) is 2.71. The molecule has 3 N–H and O–H groups in total. The Labute approximate surface area is 202 Å². The number of aromatic nitrogens is 2. The summed E-state index contributed by atoms with van der Waals surface area (Å²) in [5, 5.41) is 29.0. The normalized spacial score (nSPS) is 13.6. The number of carbonyl (C=O) groups is 2. The topological polar surface area (TPSA) is 147 Å². The van der Waals surface area contributed by atoms with Crippen LogP contribution >= 0.6 is 12.0 Å². The number of hydrogen-bond acceptors (Lipinski definition) is 10. The SMILES string of the molecule is CCOC(=O)C1=NN(c2ccc(-c3nc4c(ccc5c(O)cc(SOOO)cc54)[nH]3)cc2)C(=O)C1. The zero-order chi connectivity index (χ0) is 24.5. The third kappa shape index (κ3) is 4.31. The van der Waals surface area contributed by atoms with E-state index in [0.29, 0.717) is 32.7 Å². The lowest BCUT2D eigenvalue weighted by atomic mass is 10.1. The van der Waals surface area contributed by atoms with Crippen molar-refractivity contribution in [2.75, 3.05) is 11.6 Å². The molecule has 2 heterocycles. The number of amides is 1. The number of anilines is 1. The molecule has 0 fully saturated rings. The largest absolute Gasteiger partial charge is 0.507 e. The van der Waals surface area contributed by atoms with Crippen molar-refractivity contribution < 1.29 is 34.1 Å². The van der Waals surface area contributed by atoms with Crippen LogP contribution in [0.25, 0.3) is 33.2 Å². The first-order chi connectivity index (χ1) is 17.0. The molecule has 178 valence electrons. The molecule has 0 saturated heterocycles. The molecule has 5 rings (SSSR count). The van der Waals surface area contributed by atoms with Gasteiger partial charge in [-0.1, -0.05) is 5.04 Å². The van der Waals surface area contributed by atoms with Gasteiger partial charge in [0.25, 0.3) is 5.91 Å². The van der Waals surface area contributed by atoms with Gasteiger partial charge in [-0.3, -0.25) is 4.79 Å². The molecule has 1 aliphatic heterocycles. The number of nitrogens with one attached hydrogen (secondary N) is 1. The number of hydrogen-bond donors (Lipinski definition) is 3. The highest BCUT2D eigenvalue weighted by molar-refractivity contribution is 7.94. The molecular weight excluding hydrogens is 476 g/mol. The van der Waals surface area contributed by atoms with Gasteiger partial charge in [-0.2, -0.15) is 10.1 Å². The number of fused-ring (bicyclic) bond motifs is 3. The Morgan fingerprint density at radius 3 is 2.71 bits per heavy atom. The molecule has 11 nitrogen and oxygen atoms in total. The van der Waals surface area contributed by atoms with Gasteiger partial charge in [-0.15, -0.1) is 4.33 Å². The van der Waals surface area contributed by atoms with Crippen LogP contribution in [-0.4, -0.2) is 44.5 Å². The zero-order valence-electron chi connectivity index (χ0n) is 18.2.